The van der Waals surface area contributed by atoms with E-state index in [-0.39, 0.29) is 0 Å². The van der Waals surface area contributed by atoms with Gasteiger partial charge >= 0.3 is 0 Å². The molecule has 0 spiro atoms. The molecule has 1 aromatic heterocycles. The van der Waals surface area contributed by atoms with Crippen molar-refractivity contribution in [3.8, 4) is 11.5 Å². The van der Waals surface area contributed by atoms with Crippen molar-refractivity contribution in [2.24, 2.45) is 5.92 Å². The van der Waals surface area contributed by atoms with Crippen molar-refractivity contribution in [1.82, 2.24) is 4.98 Å². The van der Waals surface area contributed by atoms with Crippen molar-refractivity contribution in [3.05, 3.63) is 42.3 Å². The molecule has 106 valence electrons. The van der Waals surface area contributed by atoms with Crippen molar-refractivity contribution < 1.29 is 8.90 Å². The smallest absolute Gasteiger partial charge is 0.226 e. The predicted molar refractivity (Wildman–Crippen MR) is 80.0 cm³/mol. The first-order valence-electron chi connectivity index (χ1n) is 7.48. The minimum absolute atomic E-state index is 0.734. The normalized spacial score (nSPS) is 26.6. The molecule has 1 saturated heterocycles. The van der Waals surface area contributed by atoms with E-state index in [0.717, 1.165) is 34.1 Å². The second kappa shape index (κ2) is 5.41. The summed E-state index contributed by atoms with van der Waals surface area (Å²) in [5, 5.41) is 0. The largest absolute Gasteiger partial charge is 0.444 e. The van der Waals surface area contributed by atoms with Crippen molar-refractivity contribution in [1.29, 1.82) is 0 Å². The van der Waals surface area contributed by atoms with E-state index < -0.39 is 0 Å². The van der Waals surface area contributed by atoms with Gasteiger partial charge in [0.05, 0.1) is 20.1 Å². The lowest BCUT2D eigenvalue weighted by Crippen LogP contribution is -2.48. The average molecular weight is 271 g/mol. The summed E-state index contributed by atoms with van der Waals surface area (Å²) >= 11 is 0. The lowest BCUT2D eigenvalue weighted by atomic mass is 9.97. The van der Waals surface area contributed by atoms with Crippen LogP contribution in [0, 0.1) is 5.92 Å². The highest BCUT2D eigenvalue weighted by molar-refractivity contribution is 5.52. The Labute approximate surface area is 120 Å². The zero-order valence-corrected chi connectivity index (χ0v) is 12.4. The fraction of sp³-hybridized carbons (Fsp3) is 0.471. The van der Waals surface area contributed by atoms with Gasteiger partial charge in [0.2, 0.25) is 5.89 Å². The van der Waals surface area contributed by atoms with Gasteiger partial charge in [-0.2, -0.15) is 0 Å². The molecular weight excluding hydrogens is 248 g/mol. The molecular formula is C17H23N2O+. The van der Waals surface area contributed by atoms with Crippen LogP contribution >= 0.6 is 0 Å². The SMILES string of the molecule is CC1CC[N+](C)(Cc2coc(-c3ccccc3)n2)CC1. The second-order valence-electron chi connectivity index (χ2n) is 6.42. The molecule has 1 aromatic carbocycles. The Hall–Kier alpha value is -1.61. The number of quaternary nitrogens is 1. The van der Waals surface area contributed by atoms with Crippen LogP contribution in [0.3, 0.4) is 0 Å². The third-order valence-corrected chi connectivity index (χ3v) is 4.44. The van der Waals surface area contributed by atoms with E-state index in [2.05, 4.69) is 19.0 Å². The van der Waals surface area contributed by atoms with Gasteiger partial charge in [0.1, 0.15) is 18.5 Å². The van der Waals surface area contributed by atoms with E-state index in [0.29, 0.717) is 0 Å². The molecule has 3 rings (SSSR count). The van der Waals surface area contributed by atoms with Gasteiger partial charge < -0.3 is 8.90 Å². The summed E-state index contributed by atoms with van der Waals surface area (Å²) in [6, 6.07) is 10.1. The molecule has 20 heavy (non-hydrogen) atoms. The summed E-state index contributed by atoms with van der Waals surface area (Å²) in [6.07, 6.45) is 4.46. The van der Waals surface area contributed by atoms with Crippen molar-refractivity contribution in [2.45, 2.75) is 26.3 Å². The molecule has 3 nitrogen and oxygen atoms in total. The van der Waals surface area contributed by atoms with Crippen molar-refractivity contribution in [3.63, 3.8) is 0 Å². The van der Waals surface area contributed by atoms with Gasteiger partial charge in [0, 0.05) is 5.56 Å². The molecule has 0 amide bonds. The van der Waals surface area contributed by atoms with Crippen LogP contribution in [0.25, 0.3) is 11.5 Å². The van der Waals surface area contributed by atoms with Gasteiger partial charge in [-0.1, -0.05) is 25.1 Å². The Morgan fingerprint density at radius 2 is 1.90 bits per heavy atom. The van der Waals surface area contributed by atoms with Crippen LogP contribution in [0.15, 0.2) is 41.0 Å². The monoisotopic (exact) mass is 271 g/mol. The van der Waals surface area contributed by atoms with Crippen LogP contribution in [0.5, 0.6) is 0 Å². The van der Waals surface area contributed by atoms with Crippen LogP contribution in [0.2, 0.25) is 0 Å². The molecule has 0 N–H and O–H groups in total. The van der Waals surface area contributed by atoms with Crippen LogP contribution in [-0.4, -0.2) is 29.6 Å². The maximum atomic E-state index is 5.64. The molecule has 1 aliphatic heterocycles. The third-order valence-electron chi connectivity index (χ3n) is 4.44. The fourth-order valence-corrected chi connectivity index (χ4v) is 2.96. The molecule has 1 fully saturated rings. The first-order chi connectivity index (χ1) is 9.65. The summed E-state index contributed by atoms with van der Waals surface area (Å²) in [4.78, 5) is 4.66. The zero-order chi connectivity index (χ0) is 14.0. The molecule has 0 radical (unpaired) electrons. The average Bonchev–Trinajstić information content (AvgIpc) is 2.92. The third kappa shape index (κ3) is 2.93. The fourth-order valence-electron chi connectivity index (χ4n) is 2.96. The van der Waals surface area contributed by atoms with Gasteiger partial charge in [-0.25, -0.2) is 4.98 Å². The molecule has 0 bridgehead atoms. The van der Waals surface area contributed by atoms with E-state index in [1.54, 1.807) is 0 Å². The standard InChI is InChI=1S/C17H23N2O/c1-14-8-10-19(2,11-9-14)12-16-13-20-17(18-16)15-6-4-3-5-7-15/h3-7,13-14H,8-12H2,1-2H3/q+1. The Morgan fingerprint density at radius 3 is 2.60 bits per heavy atom. The highest BCUT2D eigenvalue weighted by Crippen LogP contribution is 2.25. The summed E-state index contributed by atoms with van der Waals surface area (Å²) in [5.74, 6) is 1.61. The summed E-state index contributed by atoms with van der Waals surface area (Å²) < 4.78 is 6.73. The van der Waals surface area contributed by atoms with Crippen molar-refractivity contribution in [2.75, 3.05) is 20.1 Å². The van der Waals surface area contributed by atoms with E-state index in [1.807, 2.05) is 36.6 Å². The number of rotatable bonds is 3. The first-order valence-corrected chi connectivity index (χ1v) is 7.48. The minimum atomic E-state index is 0.734. The number of hydrogen-bond donors (Lipinski definition) is 0. The highest BCUT2D eigenvalue weighted by Gasteiger charge is 2.29. The Morgan fingerprint density at radius 1 is 1.20 bits per heavy atom. The molecule has 0 unspecified atom stereocenters. The second-order valence-corrected chi connectivity index (χ2v) is 6.42. The van der Waals surface area contributed by atoms with E-state index in [1.165, 1.54) is 25.9 Å². The maximum Gasteiger partial charge on any atom is 0.226 e. The molecule has 0 aliphatic carbocycles. The Balaban J connectivity index is 1.71. The number of oxazole rings is 1. The molecule has 2 heterocycles. The van der Waals surface area contributed by atoms with Crippen LogP contribution in [0.1, 0.15) is 25.5 Å². The topological polar surface area (TPSA) is 26.0 Å². The van der Waals surface area contributed by atoms with E-state index in [4.69, 9.17) is 4.42 Å². The number of benzene rings is 1. The number of nitrogens with zero attached hydrogens (tertiary/aromatic N) is 2. The van der Waals surface area contributed by atoms with Crippen molar-refractivity contribution >= 4 is 0 Å². The van der Waals surface area contributed by atoms with Gasteiger partial charge in [-0.05, 0) is 30.9 Å². The van der Waals surface area contributed by atoms with Gasteiger partial charge in [0.25, 0.3) is 0 Å². The lowest BCUT2D eigenvalue weighted by Gasteiger charge is -2.39. The Bertz CT molecular complexity index is 553. The van der Waals surface area contributed by atoms with Gasteiger partial charge in [0.15, 0.2) is 0 Å². The minimum Gasteiger partial charge on any atom is -0.444 e. The van der Waals surface area contributed by atoms with Crippen LogP contribution in [0.4, 0.5) is 0 Å². The van der Waals surface area contributed by atoms with Crippen LogP contribution in [-0.2, 0) is 6.54 Å². The molecule has 1 aliphatic rings. The predicted octanol–water partition coefficient (Wildman–Crippen LogP) is 3.72. The summed E-state index contributed by atoms with van der Waals surface area (Å²) in [7, 11) is 2.34. The number of piperidine rings is 1. The molecule has 0 atom stereocenters. The molecule has 2 aromatic rings. The highest BCUT2D eigenvalue weighted by atomic mass is 16.3. The number of aromatic nitrogens is 1. The Kier molecular flexibility index (Phi) is 3.62. The number of likely N-dealkylation sites (tertiary alicyclic amines) is 1. The molecule has 0 saturated carbocycles. The quantitative estimate of drug-likeness (QED) is 0.795. The van der Waals surface area contributed by atoms with Gasteiger partial charge in [-0.3, -0.25) is 0 Å². The first kappa shape index (κ1) is 13.4. The summed E-state index contributed by atoms with van der Waals surface area (Å²) in [6.45, 7) is 5.82. The molecule has 3 heteroatoms. The maximum absolute atomic E-state index is 5.64. The van der Waals surface area contributed by atoms with E-state index in [9.17, 15) is 0 Å². The van der Waals surface area contributed by atoms with Gasteiger partial charge in [-0.15, -0.1) is 0 Å². The van der Waals surface area contributed by atoms with Crippen LogP contribution < -0.4 is 0 Å². The zero-order valence-electron chi connectivity index (χ0n) is 12.4. The van der Waals surface area contributed by atoms with E-state index >= 15 is 0 Å². The summed E-state index contributed by atoms with van der Waals surface area (Å²) in [5.41, 5.74) is 2.12. The number of hydrogen-bond acceptors (Lipinski definition) is 2. The lowest BCUT2D eigenvalue weighted by molar-refractivity contribution is -0.928.